The Kier molecular flexibility index (Phi) is 5.16. The van der Waals surface area contributed by atoms with Crippen molar-refractivity contribution < 1.29 is 4.74 Å². The predicted molar refractivity (Wildman–Crippen MR) is 82.8 cm³/mol. The van der Waals surface area contributed by atoms with Gasteiger partial charge in [0.05, 0.1) is 6.61 Å². The van der Waals surface area contributed by atoms with Crippen molar-refractivity contribution in [2.45, 2.75) is 58.8 Å². The Morgan fingerprint density at radius 2 is 1.95 bits per heavy atom. The minimum Gasteiger partial charge on any atom is -0.491 e. The van der Waals surface area contributed by atoms with Gasteiger partial charge in [-0.3, -0.25) is 0 Å². The molecular weight excluding hydrogens is 250 g/mol. The van der Waals surface area contributed by atoms with E-state index in [4.69, 9.17) is 4.74 Å². The summed E-state index contributed by atoms with van der Waals surface area (Å²) in [6.45, 7) is 6.84. The van der Waals surface area contributed by atoms with Crippen LogP contribution in [0.5, 0.6) is 5.75 Å². The summed E-state index contributed by atoms with van der Waals surface area (Å²) in [7, 11) is 0. The van der Waals surface area contributed by atoms with Gasteiger partial charge in [0, 0.05) is 0 Å². The minimum atomic E-state index is 0.278. The second-order valence-electron chi connectivity index (χ2n) is 6.21. The number of hydrogen-bond donors (Lipinski definition) is 0. The van der Waals surface area contributed by atoms with E-state index in [1.165, 1.54) is 32.1 Å². The maximum atomic E-state index is 11.2. The molecule has 0 spiro atoms. The number of hydrogen-bond acceptors (Lipinski definition) is 3. The number of benzene rings is 1. The molecule has 1 saturated carbocycles. The smallest absolute Gasteiger partial charge is 0.153 e. The Hall–Kier alpha value is -1.38. The normalized spacial score (nSPS) is 16.4. The fourth-order valence-corrected chi connectivity index (χ4v) is 2.98. The minimum absolute atomic E-state index is 0.278. The number of nitrogens with zero attached hydrogens (tertiary/aromatic N) is 1. The number of rotatable bonds is 5. The summed E-state index contributed by atoms with van der Waals surface area (Å²) in [4.78, 5) is 11.2. The molecule has 1 aliphatic carbocycles. The summed E-state index contributed by atoms with van der Waals surface area (Å²) in [6, 6.07) is 4.02. The van der Waals surface area contributed by atoms with Crippen molar-refractivity contribution in [1.29, 1.82) is 0 Å². The number of ether oxygens (including phenoxy) is 1. The van der Waals surface area contributed by atoms with Crippen LogP contribution in [0, 0.1) is 17.7 Å². The molecule has 0 unspecified atom stereocenters. The summed E-state index contributed by atoms with van der Waals surface area (Å²) in [6.07, 6.45) is 6.44. The SMILES string of the molecule is Cc1ccc(C(C)C)c(N=O)c1OCC1CCCCC1. The lowest BCUT2D eigenvalue weighted by atomic mass is 9.90. The van der Waals surface area contributed by atoms with E-state index in [1.807, 2.05) is 19.1 Å². The van der Waals surface area contributed by atoms with Crippen LogP contribution in [0.25, 0.3) is 0 Å². The van der Waals surface area contributed by atoms with E-state index >= 15 is 0 Å². The molecule has 0 aliphatic heterocycles. The van der Waals surface area contributed by atoms with Crippen molar-refractivity contribution in [3.8, 4) is 5.75 Å². The van der Waals surface area contributed by atoms with Gasteiger partial charge in [-0.2, -0.15) is 0 Å². The van der Waals surface area contributed by atoms with Gasteiger partial charge in [0.15, 0.2) is 11.4 Å². The third kappa shape index (κ3) is 3.38. The van der Waals surface area contributed by atoms with Gasteiger partial charge < -0.3 is 4.74 Å². The van der Waals surface area contributed by atoms with Crippen LogP contribution in [0.15, 0.2) is 17.3 Å². The molecule has 0 N–H and O–H groups in total. The highest BCUT2D eigenvalue weighted by Crippen LogP contribution is 2.39. The predicted octanol–water partition coefficient (Wildman–Crippen LogP) is 5.48. The summed E-state index contributed by atoms with van der Waals surface area (Å²) in [5.74, 6) is 1.60. The highest BCUT2D eigenvalue weighted by Gasteiger charge is 2.19. The van der Waals surface area contributed by atoms with Crippen LogP contribution in [0.1, 0.15) is 63.0 Å². The van der Waals surface area contributed by atoms with Gasteiger partial charge in [-0.15, -0.1) is 4.91 Å². The Bertz CT molecular complexity index is 462. The van der Waals surface area contributed by atoms with E-state index in [0.717, 1.165) is 11.1 Å². The van der Waals surface area contributed by atoms with Gasteiger partial charge in [-0.05, 0) is 47.9 Å². The molecule has 3 heteroatoms. The van der Waals surface area contributed by atoms with Crippen LogP contribution in [-0.4, -0.2) is 6.61 Å². The van der Waals surface area contributed by atoms with Crippen LogP contribution in [0.4, 0.5) is 5.69 Å². The van der Waals surface area contributed by atoms with Crippen molar-refractivity contribution in [2.24, 2.45) is 11.1 Å². The summed E-state index contributed by atoms with van der Waals surface area (Å²) in [5, 5.41) is 3.24. The average Bonchev–Trinajstić information content (AvgIpc) is 2.46. The van der Waals surface area contributed by atoms with E-state index in [-0.39, 0.29) is 5.92 Å². The third-order valence-corrected chi connectivity index (χ3v) is 4.26. The molecule has 110 valence electrons. The molecule has 1 fully saturated rings. The largest absolute Gasteiger partial charge is 0.491 e. The Labute approximate surface area is 121 Å². The van der Waals surface area contributed by atoms with Crippen molar-refractivity contribution in [3.05, 3.63) is 28.2 Å². The maximum absolute atomic E-state index is 11.2. The van der Waals surface area contributed by atoms with E-state index in [9.17, 15) is 4.91 Å². The molecule has 0 radical (unpaired) electrons. The summed E-state index contributed by atoms with van der Waals surface area (Å²) < 4.78 is 6.00. The molecule has 1 aromatic rings. The maximum Gasteiger partial charge on any atom is 0.153 e. The second kappa shape index (κ2) is 6.87. The quantitative estimate of drug-likeness (QED) is 0.668. The molecule has 1 aliphatic rings. The third-order valence-electron chi connectivity index (χ3n) is 4.26. The number of aryl methyl sites for hydroxylation is 1. The molecule has 0 bridgehead atoms. The number of nitroso groups, excluding NO2 is 1. The van der Waals surface area contributed by atoms with Crippen LogP contribution in [0.3, 0.4) is 0 Å². The van der Waals surface area contributed by atoms with E-state index in [0.29, 0.717) is 24.0 Å². The first kappa shape index (κ1) is 15.0. The Morgan fingerprint density at radius 3 is 2.55 bits per heavy atom. The fraction of sp³-hybridized carbons (Fsp3) is 0.647. The molecule has 3 nitrogen and oxygen atoms in total. The summed E-state index contributed by atoms with van der Waals surface area (Å²) in [5.41, 5.74) is 2.47. The molecule has 0 atom stereocenters. The van der Waals surface area contributed by atoms with Gasteiger partial charge in [0.25, 0.3) is 0 Å². The zero-order valence-corrected chi connectivity index (χ0v) is 12.8. The molecule has 2 rings (SSSR count). The lowest BCUT2D eigenvalue weighted by molar-refractivity contribution is 0.208. The van der Waals surface area contributed by atoms with Crippen molar-refractivity contribution >= 4 is 5.69 Å². The van der Waals surface area contributed by atoms with E-state index in [1.54, 1.807) is 0 Å². The molecule has 20 heavy (non-hydrogen) atoms. The van der Waals surface area contributed by atoms with Gasteiger partial charge in [-0.25, -0.2) is 0 Å². The van der Waals surface area contributed by atoms with Gasteiger partial charge in [0.1, 0.15) is 0 Å². The molecule has 1 aromatic carbocycles. The second-order valence-corrected chi connectivity index (χ2v) is 6.21. The topological polar surface area (TPSA) is 38.7 Å². The molecular formula is C17H25NO2. The Morgan fingerprint density at radius 1 is 1.25 bits per heavy atom. The van der Waals surface area contributed by atoms with Crippen LogP contribution >= 0.6 is 0 Å². The monoisotopic (exact) mass is 275 g/mol. The highest BCUT2D eigenvalue weighted by atomic mass is 16.5. The highest BCUT2D eigenvalue weighted by molar-refractivity contribution is 5.62. The van der Waals surface area contributed by atoms with Gasteiger partial charge in [0.2, 0.25) is 0 Å². The van der Waals surface area contributed by atoms with Crippen LogP contribution < -0.4 is 4.74 Å². The lowest BCUT2D eigenvalue weighted by Crippen LogP contribution is -2.15. The summed E-state index contributed by atoms with van der Waals surface area (Å²) >= 11 is 0. The van der Waals surface area contributed by atoms with E-state index < -0.39 is 0 Å². The first-order valence-electron chi connectivity index (χ1n) is 7.73. The van der Waals surface area contributed by atoms with Crippen LogP contribution in [0.2, 0.25) is 0 Å². The first-order valence-corrected chi connectivity index (χ1v) is 7.73. The van der Waals surface area contributed by atoms with Gasteiger partial charge in [-0.1, -0.05) is 45.2 Å². The van der Waals surface area contributed by atoms with Gasteiger partial charge >= 0.3 is 0 Å². The van der Waals surface area contributed by atoms with Crippen LogP contribution in [-0.2, 0) is 0 Å². The molecule has 0 saturated heterocycles. The average molecular weight is 275 g/mol. The standard InChI is InChI=1S/C17H25NO2/c1-12(2)15-10-9-13(3)17(16(15)18-19)20-11-14-7-5-4-6-8-14/h9-10,12,14H,4-8,11H2,1-3H3. The van der Waals surface area contributed by atoms with E-state index in [2.05, 4.69) is 19.0 Å². The van der Waals surface area contributed by atoms with Crippen molar-refractivity contribution in [1.82, 2.24) is 0 Å². The lowest BCUT2D eigenvalue weighted by Gasteiger charge is -2.23. The zero-order chi connectivity index (χ0) is 14.5. The molecule has 0 amide bonds. The zero-order valence-electron chi connectivity index (χ0n) is 12.8. The molecule has 0 heterocycles. The van der Waals surface area contributed by atoms with Crippen molar-refractivity contribution in [2.75, 3.05) is 6.61 Å². The van der Waals surface area contributed by atoms with Crippen molar-refractivity contribution in [3.63, 3.8) is 0 Å². The molecule has 0 aromatic heterocycles. The fourth-order valence-electron chi connectivity index (χ4n) is 2.98. The Balaban J connectivity index is 2.16. The first-order chi connectivity index (χ1) is 9.63.